The summed E-state index contributed by atoms with van der Waals surface area (Å²) in [4.78, 5) is 2.42. The maximum atomic E-state index is 6.30. The molecular weight excluding hydrogens is 212 g/mol. The fourth-order valence-corrected chi connectivity index (χ4v) is 2.98. The van der Waals surface area contributed by atoms with Gasteiger partial charge in [-0.2, -0.15) is 0 Å². The highest BCUT2D eigenvalue weighted by molar-refractivity contribution is 5.59. The van der Waals surface area contributed by atoms with E-state index in [1.807, 2.05) is 0 Å². The first-order valence-corrected chi connectivity index (χ1v) is 6.56. The second kappa shape index (κ2) is 4.67. The molecule has 0 radical (unpaired) electrons. The molecule has 0 spiro atoms. The molecule has 0 bridgehead atoms. The first-order chi connectivity index (χ1) is 8.36. The highest BCUT2D eigenvalue weighted by Crippen LogP contribution is 2.35. The summed E-state index contributed by atoms with van der Waals surface area (Å²) in [7, 11) is 0. The standard InChI is InChI=1S/C14H20N2O/c15-12-5-1-3-11-4-2-6-13(14(11)12)16-7-9-17-10-8-16/h2,4,6,12H,1,3,5,7-10,15H2. The minimum Gasteiger partial charge on any atom is -0.378 e. The zero-order valence-electron chi connectivity index (χ0n) is 10.2. The van der Waals surface area contributed by atoms with Gasteiger partial charge in [0.2, 0.25) is 0 Å². The Kier molecular flexibility index (Phi) is 3.04. The van der Waals surface area contributed by atoms with E-state index in [2.05, 4.69) is 23.1 Å². The first-order valence-electron chi connectivity index (χ1n) is 6.56. The van der Waals surface area contributed by atoms with Gasteiger partial charge in [-0.3, -0.25) is 0 Å². The van der Waals surface area contributed by atoms with Crippen molar-refractivity contribution in [3.63, 3.8) is 0 Å². The number of anilines is 1. The molecule has 0 saturated carbocycles. The van der Waals surface area contributed by atoms with Crippen molar-refractivity contribution in [1.82, 2.24) is 0 Å². The SMILES string of the molecule is NC1CCCc2cccc(N3CCOCC3)c21. The number of morpholine rings is 1. The second-order valence-corrected chi connectivity index (χ2v) is 4.95. The summed E-state index contributed by atoms with van der Waals surface area (Å²) in [5.41, 5.74) is 10.5. The molecule has 3 rings (SSSR count). The summed E-state index contributed by atoms with van der Waals surface area (Å²) in [6, 6.07) is 6.84. The lowest BCUT2D eigenvalue weighted by Gasteiger charge is -2.34. The highest BCUT2D eigenvalue weighted by atomic mass is 16.5. The van der Waals surface area contributed by atoms with Gasteiger partial charge in [-0.05, 0) is 36.5 Å². The van der Waals surface area contributed by atoms with Gasteiger partial charge in [-0.1, -0.05) is 12.1 Å². The molecule has 1 aliphatic carbocycles. The van der Waals surface area contributed by atoms with Crippen LogP contribution in [0.15, 0.2) is 18.2 Å². The van der Waals surface area contributed by atoms with Crippen molar-refractivity contribution in [3.8, 4) is 0 Å². The molecule has 1 aromatic rings. The number of benzene rings is 1. The molecule has 1 aromatic carbocycles. The third kappa shape index (κ3) is 2.05. The summed E-state index contributed by atoms with van der Waals surface area (Å²) in [5, 5.41) is 0. The zero-order valence-corrected chi connectivity index (χ0v) is 10.2. The van der Waals surface area contributed by atoms with E-state index >= 15 is 0 Å². The van der Waals surface area contributed by atoms with Crippen LogP contribution in [0.25, 0.3) is 0 Å². The van der Waals surface area contributed by atoms with Gasteiger partial charge in [0.15, 0.2) is 0 Å². The smallest absolute Gasteiger partial charge is 0.0642 e. The summed E-state index contributed by atoms with van der Waals surface area (Å²) in [6.45, 7) is 3.64. The monoisotopic (exact) mass is 232 g/mol. The lowest BCUT2D eigenvalue weighted by Crippen LogP contribution is -2.37. The average molecular weight is 232 g/mol. The first kappa shape index (κ1) is 11.1. The maximum Gasteiger partial charge on any atom is 0.0642 e. The fraction of sp³-hybridized carbons (Fsp3) is 0.571. The predicted octanol–water partition coefficient (Wildman–Crippen LogP) is 1.86. The van der Waals surface area contributed by atoms with E-state index in [4.69, 9.17) is 10.5 Å². The van der Waals surface area contributed by atoms with Crippen molar-refractivity contribution in [1.29, 1.82) is 0 Å². The average Bonchev–Trinajstić information content (AvgIpc) is 2.39. The molecular formula is C14H20N2O. The number of hydrogen-bond donors (Lipinski definition) is 1. The Balaban J connectivity index is 1.98. The number of nitrogens with two attached hydrogens (primary N) is 1. The predicted molar refractivity (Wildman–Crippen MR) is 69.3 cm³/mol. The van der Waals surface area contributed by atoms with Crippen LogP contribution in [0, 0.1) is 0 Å². The summed E-state index contributed by atoms with van der Waals surface area (Å²) in [5.74, 6) is 0. The molecule has 3 nitrogen and oxygen atoms in total. The van der Waals surface area contributed by atoms with E-state index < -0.39 is 0 Å². The van der Waals surface area contributed by atoms with E-state index in [9.17, 15) is 0 Å². The van der Waals surface area contributed by atoms with Crippen molar-refractivity contribution in [2.75, 3.05) is 31.2 Å². The van der Waals surface area contributed by atoms with Gasteiger partial charge in [0, 0.05) is 24.8 Å². The molecule has 17 heavy (non-hydrogen) atoms. The lowest BCUT2D eigenvalue weighted by molar-refractivity contribution is 0.122. The van der Waals surface area contributed by atoms with E-state index in [-0.39, 0.29) is 6.04 Å². The molecule has 3 heteroatoms. The van der Waals surface area contributed by atoms with Crippen LogP contribution in [0.2, 0.25) is 0 Å². The van der Waals surface area contributed by atoms with Gasteiger partial charge < -0.3 is 15.4 Å². The van der Waals surface area contributed by atoms with Gasteiger partial charge >= 0.3 is 0 Å². The molecule has 1 aliphatic heterocycles. The van der Waals surface area contributed by atoms with Gasteiger partial charge in [0.1, 0.15) is 0 Å². The van der Waals surface area contributed by atoms with Crippen LogP contribution < -0.4 is 10.6 Å². The number of fused-ring (bicyclic) bond motifs is 1. The van der Waals surface area contributed by atoms with Crippen LogP contribution in [-0.4, -0.2) is 26.3 Å². The Labute approximate surface area is 103 Å². The Morgan fingerprint density at radius 3 is 2.88 bits per heavy atom. The molecule has 1 unspecified atom stereocenters. The Bertz CT molecular complexity index is 399. The van der Waals surface area contributed by atoms with E-state index in [0.29, 0.717) is 0 Å². The lowest BCUT2D eigenvalue weighted by atomic mass is 9.86. The topological polar surface area (TPSA) is 38.5 Å². The Morgan fingerprint density at radius 1 is 1.24 bits per heavy atom. The number of hydrogen-bond acceptors (Lipinski definition) is 3. The van der Waals surface area contributed by atoms with Crippen LogP contribution in [0.4, 0.5) is 5.69 Å². The summed E-state index contributed by atoms with van der Waals surface area (Å²) in [6.07, 6.45) is 3.52. The van der Waals surface area contributed by atoms with E-state index in [1.165, 1.54) is 29.7 Å². The van der Waals surface area contributed by atoms with E-state index in [0.717, 1.165) is 32.7 Å². The van der Waals surface area contributed by atoms with Crippen molar-refractivity contribution in [2.24, 2.45) is 5.73 Å². The molecule has 2 N–H and O–H groups in total. The molecule has 1 fully saturated rings. The zero-order chi connectivity index (χ0) is 11.7. The third-order valence-corrected chi connectivity index (χ3v) is 3.86. The summed E-state index contributed by atoms with van der Waals surface area (Å²) >= 11 is 0. The Morgan fingerprint density at radius 2 is 2.06 bits per heavy atom. The van der Waals surface area contributed by atoms with Crippen LogP contribution in [0.1, 0.15) is 30.0 Å². The maximum absolute atomic E-state index is 6.30. The quantitative estimate of drug-likeness (QED) is 0.803. The molecule has 92 valence electrons. The number of rotatable bonds is 1. The number of ether oxygens (including phenoxy) is 1. The van der Waals surface area contributed by atoms with Gasteiger partial charge in [0.05, 0.1) is 13.2 Å². The third-order valence-electron chi connectivity index (χ3n) is 3.86. The van der Waals surface area contributed by atoms with Crippen LogP contribution in [0.3, 0.4) is 0 Å². The summed E-state index contributed by atoms with van der Waals surface area (Å²) < 4.78 is 5.42. The van der Waals surface area contributed by atoms with Crippen molar-refractivity contribution < 1.29 is 4.74 Å². The van der Waals surface area contributed by atoms with Crippen LogP contribution >= 0.6 is 0 Å². The minimum atomic E-state index is 0.220. The van der Waals surface area contributed by atoms with Gasteiger partial charge in [0.25, 0.3) is 0 Å². The van der Waals surface area contributed by atoms with Crippen LogP contribution in [-0.2, 0) is 11.2 Å². The normalized spacial score (nSPS) is 24.5. The minimum absolute atomic E-state index is 0.220. The van der Waals surface area contributed by atoms with Gasteiger partial charge in [-0.25, -0.2) is 0 Å². The van der Waals surface area contributed by atoms with Crippen molar-refractivity contribution >= 4 is 5.69 Å². The van der Waals surface area contributed by atoms with Crippen molar-refractivity contribution in [2.45, 2.75) is 25.3 Å². The Hall–Kier alpha value is -1.06. The number of nitrogens with zero attached hydrogens (tertiary/aromatic N) is 1. The van der Waals surface area contributed by atoms with Crippen molar-refractivity contribution in [3.05, 3.63) is 29.3 Å². The molecule has 1 atom stereocenters. The molecule has 1 heterocycles. The van der Waals surface area contributed by atoms with Crippen LogP contribution in [0.5, 0.6) is 0 Å². The molecule has 0 amide bonds. The molecule has 2 aliphatic rings. The van der Waals surface area contributed by atoms with Gasteiger partial charge in [-0.15, -0.1) is 0 Å². The largest absolute Gasteiger partial charge is 0.378 e. The highest BCUT2D eigenvalue weighted by Gasteiger charge is 2.23. The van der Waals surface area contributed by atoms with E-state index in [1.54, 1.807) is 0 Å². The molecule has 1 saturated heterocycles. The fourth-order valence-electron chi connectivity index (χ4n) is 2.98. The number of aryl methyl sites for hydroxylation is 1. The molecule has 0 aromatic heterocycles. The second-order valence-electron chi connectivity index (χ2n) is 4.95.